The number of carbonyl (C=O) groups is 1. The van der Waals surface area contributed by atoms with E-state index in [0.717, 1.165) is 12.8 Å². The fourth-order valence-corrected chi connectivity index (χ4v) is 2.03. The zero-order valence-electron chi connectivity index (χ0n) is 10.7. The maximum atomic E-state index is 11.4. The summed E-state index contributed by atoms with van der Waals surface area (Å²) >= 11 is 11.2. The summed E-state index contributed by atoms with van der Waals surface area (Å²) in [6.07, 6.45) is 8.53. The van der Waals surface area contributed by atoms with Gasteiger partial charge in [0, 0.05) is 6.42 Å². The van der Waals surface area contributed by atoms with Crippen molar-refractivity contribution >= 4 is 29.2 Å². The van der Waals surface area contributed by atoms with Crippen molar-refractivity contribution in [3.8, 4) is 0 Å². The first-order valence-electron chi connectivity index (χ1n) is 6.56. The van der Waals surface area contributed by atoms with Gasteiger partial charge in [-0.1, -0.05) is 45.4 Å². The lowest BCUT2D eigenvalue weighted by Gasteiger charge is -2.11. The van der Waals surface area contributed by atoms with Gasteiger partial charge in [-0.3, -0.25) is 4.79 Å². The molecule has 0 aliphatic heterocycles. The third-order valence-electron chi connectivity index (χ3n) is 2.63. The van der Waals surface area contributed by atoms with Crippen LogP contribution in [0, 0.1) is 0 Å². The SMILES string of the molecule is CCCCCCCCCC(=O)OC(CCl)CCl. The van der Waals surface area contributed by atoms with E-state index in [1.807, 2.05) is 0 Å². The van der Waals surface area contributed by atoms with E-state index >= 15 is 0 Å². The Labute approximate surface area is 115 Å². The first kappa shape index (κ1) is 17.1. The van der Waals surface area contributed by atoms with Gasteiger partial charge in [-0.2, -0.15) is 0 Å². The molecule has 0 aromatic heterocycles. The second kappa shape index (κ2) is 12.5. The van der Waals surface area contributed by atoms with Crippen LogP contribution in [-0.2, 0) is 9.53 Å². The molecule has 0 saturated carbocycles. The molecule has 17 heavy (non-hydrogen) atoms. The van der Waals surface area contributed by atoms with Crippen molar-refractivity contribution < 1.29 is 9.53 Å². The molecule has 0 aliphatic carbocycles. The van der Waals surface area contributed by atoms with E-state index in [4.69, 9.17) is 27.9 Å². The van der Waals surface area contributed by atoms with Crippen LogP contribution in [0.5, 0.6) is 0 Å². The molecule has 0 radical (unpaired) electrons. The smallest absolute Gasteiger partial charge is 0.306 e. The molecule has 0 aromatic rings. The van der Waals surface area contributed by atoms with Crippen LogP contribution in [0.3, 0.4) is 0 Å². The topological polar surface area (TPSA) is 26.3 Å². The van der Waals surface area contributed by atoms with Crippen molar-refractivity contribution in [3.63, 3.8) is 0 Å². The molecule has 0 spiro atoms. The summed E-state index contributed by atoms with van der Waals surface area (Å²) in [4.78, 5) is 11.4. The minimum Gasteiger partial charge on any atom is -0.460 e. The van der Waals surface area contributed by atoms with Gasteiger partial charge in [0.05, 0.1) is 11.8 Å². The van der Waals surface area contributed by atoms with Gasteiger partial charge in [0.1, 0.15) is 6.10 Å². The molecule has 0 unspecified atom stereocenters. The Morgan fingerprint density at radius 3 is 2.06 bits per heavy atom. The highest BCUT2D eigenvalue weighted by molar-refractivity contribution is 6.21. The van der Waals surface area contributed by atoms with Crippen LogP contribution in [0.1, 0.15) is 58.3 Å². The summed E-state index contributed by atoms with van der Waals surface area (Å²) in [5.74, 6) is 0.364. The van der Waals surface area contributed by atoms with Crippen LogP contribution in [0.25, 0.3) is 0 Å². The van der Waals surface area contributed by atoms with Gasteiger partial charge < -0.3 is 4.74 Å². The van der Waals surface area contributed by atoms with E-state index in [9.17, 15) is 4.79 Å². The number of halogens is 2. The Morgan fingerprint density at radius 1 is 1.00 bits per heavy atom. The number of carbonyl (C=O) groups excluding carboxylic acids is 1. The van der Waals surface area contributed by atoms with E-state index in [0.29, 0.717) is 6.42 Å². The number of rotatable bonds is 11. The second-order valence-electron chi connectivity index (χ2n) is 4.29. The Morgan fingerprint density at radius 2 is 1.53 bits per heavy atom. The Balaban J connectivity index is 3.33. The highest BCUT2D eigenvalue weighted by Crippen LogP contribution is 2.09. The van der Waals surface area contributed by atoms with Crippen LogP contribution in [0.15, 0.2) is 0 Å². The molecular formula is C13H24Cl2O2. The summed E-state index contributed by atoms with van der Waals surface area (Å²) < 4.78 is 5.09. The number of unbranched alkanes of at least 4 members (excludes halogenated alkanes) is 6. The quantitative estimate of drug-likeness (QED) is 0.316. The molecule has 0 aliphatic rings. The zero-order valence-corrected chi connectivity index (χ0v) is 12.2. The average molecular weight is 283 g/mol. The van der Waals surface area contributed by atoms with E-state index < -0.39 is 0 Å². The molecule has 0 amide bonds. The van der Waals surface area contributed by atoms with Gasteiger partial charge in [-0.15, -0.1) is 23.2 Å². The maximum absolute atomic E-state index is 11.4. The van der Waals surface area contributed by atoms with Gasteiger partial charge in [-0.25, -0.2) is 0 Å². The van der Waals surface area contributed by atoms with Gasteiger partial charge >= 0.3 is 5.97 Å². The van der Waals surface area contributed by atoms with Crippen molar-refractivity contribution in [1.29, 1.82) is 0 Å². The molecule has 2 nitrogen and oxygen atoms in total. The molecule has 4 heteroatoms. The number of hydrogen-bond acceptors (Lipinski definition) is 2. The first-order chi connectivity index (χ1) is 8.24. The maximum Gasteiger partial charge on any atom is 0.306 e. The fourth-order valence-electron chi connectivity index (χ4n) is 1.58. The van der Waals surface area contributed by atoms with Crippen molar-refractivity contribution in [2.45, 2.75) is 64.4 Å². The molecule has 0 fully saturated rings. The van der Waals surface area contributed by atoms with Gasteiger partial charge in [0.25, 0.3) is 0 Å². The van der Waals surface area contributed by atoms with Crippen molar-refractivity contribution in [2.75, 3.05) is 11.8 Å². The Bertz CT molecular complexity index is 182. The highest BCUT2D eigenvalue weighted by atomic mass is 35.5. The zero-order chi connectivity index (χ0) is 12.9. The minimum absolute atomic E-state index is 0.176. The summed E-state index contributed by atoms with van der Waals surface area (Å²) in [6, 6.07) is 0. The van der Waals surface area contributed by atoms with Gasteiger partial charge in [-0.05, 0) is 6.42 Å². The van der Waals surface area contributed by atoms with E-state index in [2.05, 4.69) is 6.92 Å². The van der Waals surface area contributed by atoms with E-state index in [-0.39, 0.29) is 23.8 Å². The molecular weight excluding hydrogens is 259 g/mol. The Hall–Kier alpha value is 0.0500. The van der Waals surface area contributed by atoms with Crippen LogP contribution in [-0.4, -0.2) is 23.8 Å². The van der Waals surface area contributed by atoms with Crippen molar-refractivity contribution in [3.05, 3.63) is 0 Å². The minimum atomic E-state index is -0.338. The molecule has 0 rings (SSSR count). The monoisotopic (exact) mass is 282 g/mol. The molecule has 0 bridgehead atoms. The third-order valence-corrected chi connectivity index (χ3v) is 3.32. The van der Waals surface area contributed by atoms with Crippen LogP contribution >= 0.6 is 23.2 Å². The highest BCUT2D eigenvalue weighted by Gasteiger charge is 2.11. The molecule has 0 heterocycles. The molecule has 0 N–H and O–H groups in total. The van der Waals surface area contributed by atoms with E-state index in [1.54, 1.807) is 0 Å². The predicted molar refractivity (Wildman–Crippen MR) is 73.9 cm³/mol. The molecule has 0 saturated heterocycles. The van der Waals surface area contributed by atoms with E-state index in [1.165, 1.54) is 32.1 Å². The summed E-state index contributed by atoms with van der Waals surface area (Å²) in [7, 11) is 0. The summed E-state index contributed by atoms with van der Waals surface area (Å²) in [6.45, 7) is 2.21. The lowest BCUT2D eigenvalue weighted by Crippen LogP contribution is -2.21. The lowest BCUT2D eigenvalue weighted by molar-refractivity contribution is -0.147. The molecule has 102 valence electrons. The number of hydrogen-bond donors (Lipinski definition) is 0. The summed E-state index contributed by atoms with van der Waals surface area (Å²) in [5.41, 5.74) is 0. The van der Waals surface area contributed by atoms with Crippen molar-refractivity contribution in [2.24, 2.45) is 0 Å². The first-order valence-corrected chi connectivity index (χ1v) is 7.62. The van der Waals surface area contributed by atoms with Crippen LogP contribution in [0.2, 0.25) is 0 Å². The number of ether oxygens (including phenoxy) is 1. The standard InChI is InChI=1S/C13H24Cl2O2/c1-2-3-4-5-6-7-8-9-13(16)17-12(10-14)11-15/h12H,2-11H2,1H3. The normalized spacial score (nSPS) is 10.8. The largest absolute Gasteiger partial charge is 0.460 e. The lowest BCUT2D eigenvalue weighted by atomic mass is 10.1. The van der Waals surface area contributed by atoms with Crippen molar-refractivity contribution in [1.82, 2.24) is 0 Å². The van der Waals surface area contributed by atoms with Gasteiger partial charge in [0.15, 0.2) is 0 Å². The van der Waals surface area contributed by atoms with Crippen LogP contribution in [0.4, 0.5) is 0 Å². The predicted octanol–water partition coefficient (Wildman–Crippen LogP) is 4.52. The fraction of sp³-hybridized carbons (Fsp3) is 0.923. The average Bonchev–Trinajstić information content (AvgIpc) is 2.34. The second-order valence-corrected chi connectivity index (χ2v) is 4.91. The van der Waals surface area contributed by atoms with Crippen LogP contribution < -0.4 is 0 Å². The van der Waals surface area contributed by atoms with Gasteiger partial charge in [0.2, 0.25) is 0 Å². The molecule has 0 aromatic carbocycles. The Kier molecular flexibility index (Phi) is 12.5. The number of esters is 1. The molecule has 0 atom stereocenters. The third kappa shape index (κ3) is 10.9. The summed E-state index contributed by atoms with van der Waals surface area (Å²) in [5, 5.41) is 0. The number of alkyl halides is 2.